The Bertz CT molecular complexity index is 978. The number of pyridine rings is 1. The molecule has 114 valence electrons. The van der Waals surface area contributed by atoms with Gasteiger partial charge in [0.25, 0.3) is 0 Å². The van der Waals surface area contributed by atoms with Gasteiger partial charge >= 0.3 is 0 Å². The van der Waals surface area contributed by atoms with Gasteiger partial charge in [-0.2, -0.15) is 0 Å². The molecule has 0 unspecified atom stereocenters. The van der Waals surface area contributed by atoms with E-state index in [2.05, 4.69) is 5.16 Å². The molecule has 0 atom stereocenters. The molecule has 0 aliphatic heterocycles. The van der Waals surface area contributed by atoms with Crippen LogP contribution in [-0.4, -0.2) is 10.1 Å². The summed E-state index contributed by atoms with van der Waals surface area (Å²) in [5.41, 5.74) is 5.32. The topological polar surface area (TPSA) is 52.1 Å². The molecule has 0 fully saturated rings. The monoisotopic (exact) mass is 304 g/mol. The van der Waals surface area contributed by atoms with Gasteiger partial charge in [-0.1, -0.05) is 35.5 Å². The number of benzene rings is 1. The van der Waals surface area contributed by atoms with E-state index >= 15 is 0 Å². The summed E-state index contributed by atoms with van der Waals surface area (Å²) in [4.78, 5) is 4.85. The molecule has 4 rings (SSSR count). The van der Waals surface area contributed by atoms with Crippen LogP contribution < -0.4 is 0 Å². The highest BCUT2D eigenvalue weighted by atomic mass is 16.5. The van der Waals surface area contributed by atoms with Crippen LogP contribution in [0.2, 0.25) is 0 Å². The minimum atomic E-state index is 0.772. The molecule has 3 heterocycles. The SMILES string of the molecule is Cc1cc2cc(-c3c(C)noc3C)nc(-c3ccccc3)c2o1. The largest absolute Gasteiger partial charge is 0.459 e. The fraction of sp³-hybridized carbons (Fsp3) is 0.158. The summed E-state index contributed by atoms with van der Waals surface area (Å²) >= 11 is 0. The summed E-state index contributed by atoms with van der Waals surface area (Å²) in [6, 6.07) is 14.1. The van der Waals surface area contributed by atoms with Crippen molar-refractivity contribution in [3.05, 3.63) is 59.7 Å². The molecule has 0 aliphatic carbocycles. The molecule has 0 aliphatic rings. The summed E-state index contributed by atoms with van der Waals surface area (Å²) in [6.07, 6.45) is 0. The molecule has 0 saturated carbocycles. The van der Waals surface area contributed by atoms with Crippen molar-refractivity contribution in [2.24, 2.45) is 0 Å². The summed E-state index contributed by atoms with van der Waals surface area (Å²) in [5, 5.41) is 5.08. The highest BCUT2D eigenvalue weighted by Gasteiger charge is 2.18. The van der Waals surface area contributed by atoms with E-state index in [0.29, 0.717) is 0 Å². The molecular formula is C19H16N2O2. The van der Waals surface area contributed by atoms with Gasteiger partial charge in [-0.15, -0.1) is 0 Å². The number of hydrogen-bond donors (Lipinski definition) is 0. The molecule has 0 radical (unpaired) electrons. The zero-order valence-electron chi connectivity index (χ0n) is 13.3. The number of aryl methyl sites for hydroxylation is 3. The van der Waals surface area contributed by atoms with Crippen LogP contribution in [-0.2, 0) is 0 Å². The van der Waals surface area contributed by atoms with Crippen LogP contribution in [0.1, 0.15) is 17.2 Å². The Balaban J connectivity index is 2.05. The van der Waals surface area contributed by atoms with E-state index in [1.807, 2.05) is 63.2 Å². The first-order valence-electron chi connectivity index (χ1n) is 7.53. The summed E-state index contributed by atoms with van der Waals surface area (Å²) < 4.78 is 11.2. The molecular weight excluding hydrogens is 288 g/mol. The van der Waals surface area contributed by atoms with Gasteiger partial charge in [0.15, 0.2) is 5.58 Å². The smallest absolute Gasteiger partial charge is 0.160 e. The van der Waals surface area contributed by atoms with Gasteiger partial charge in [0.1, 0.15) is 17.2 Å². The maximum absolute atomic E-state index is 5.88. The van der Waals surface area contributed by atoms with Crippen molar-refractivity contribution in [3.63, 3.8) is 0 Å². The third-order valence-electron chi connectivity index (χ3n) is 3.96. The first-order valence-corrected chi connectivity index (χ1v) is 7.53. The van der Waals surface area contributed by atoms with E-state index in [-0.39, 0.29) is 0 Å². The van der Waals surface area contributed by atoms with Crippen LogP contribution in [0.25, 0.3) is 33.5 Å². The fourth-order valence-corrected chi connectivity index (χ4v) is 2.95. The minimum Gasteiger partial charge on any atom is -0.459 e. The van der Waals surface area contributed by atoms with Crippen molar-refractivity contribution >= 4 is 11.0 Å². The Morgan fingerprint density at radius 1 is 0.957 bits per heavy atom. The highest BCUT2D eigenvalue weighted by Crippen LogP contribution is 2.34. The Hall–Kier alpha value is -2.88. The summed E-state index contributed by atoms with van der Waals surface area (Å²) in [7, 11) is 0. The Kier molecular flexibility index (Phi) is 3.05. The number of furan rings is 1. The van der Waals surface area contributed by atoms with Gasteiger partial charge in [-0.25, -0.2) is 4.98 Å². The second-order valence-electron chi connectivity index (χ2n) is 5.70. The molecule has 0 bridgehead atoms. The lowest BCUT2D eigenvalue weighted by atomic mass is 10.0. The Labute approximate surface area is 133 Å². The molecule has 4 nitrogen and oxygen atoms in total. The third kappa shape index (κ3) is 2.23. The van der Waals surface area contributed by atoms with Crippen LogP contribution in [0.4, 0.5) is 0 Å². The number of fused-ring (bicyclic) bond motifs is 1. The van der Waals surface area contributed by atoms with Gasteiger partial charge in [-0.05, 0) is 32.9 Å². The van der Waals surface area contributed by atoms with E-state index in [9.17, 15) is 0 Å². The molecule has 0 N–H and O–H groups in total. The standard InChI is InChI=1S/C19H16N2O2/c1-11-9-15-10-16(17-12(2)21-23-13(17)3)20-18(19(15)22-11)14-7-5-4-6-8-14/h4-10H,1-3H3. The van der Waals surface area contributed by atoms with Gasteiger partial charge in [0.05, 0.1) is 17.0 Å². The van der Waals surface area contributed by atoms with Crippen molar-refractivity contribution in [2.45, 2.75) is 20.8 Å². The van der Waals surface area contributed by atoms with Crippen LogP contribution in [0.15, 0.2) is 51.4 Å². The first kappa shape index (κ1) is 13.8. The van der Waals surface area contributed by atoms with E-state index in [0.717, 1.165) is 50.7 Å². The zero-order valence-corrected chi connectivity index (χ0v) is 13.3. The van der Waals surface area contributed by atoms with Gasteiger partial charge in [0, 0.05) is 10.9 Å². The number of nitrogens with zero attached hydrogens (tertiary/aromatic N) is 2. The molecule has 1 aromatic carbocycles. The Morgan fingerprint density at radius 2 is 1.74 bits per heavy atom. The lowest BCUT2D eigenvalue weighted by Crippen LogP contribution is -1.91. The van der Waals surface area contributed by atoms with Crippen molar-refractivity contribution in [3.8, 4) is 22.5 Å². The molecule has 23 heavy (non-hydrogen) atoms. The zero-order chi connectivity index (χ0) is 16.0. The molecule has 4 heteroatoms. The molecule has 0 spiro atoms. The first-order chi connectivity index (χ1) is 11.1. The lowest BCUT2D eigenvalue weighted by Gasteiger charge is -2.06. The molecule has 4 aromatic rings. The number of aromatic nitrogens is 2. The van der Waals surface area contributed by atoms with Gasteiger partial charge in [-0.3, -0.25) is 0 Å². The Morgan fingerprint density at radius 3 is 2.43 bits per heavy atom. The maximum atomic E-state index is 5.88. The van der Waals surface area contributed by atoms with Crippen molar-refractivity contribution in [1.82, 2.24) is 10.1 Å². The minimum absolute atomic E-state index is 0.772. The van der Waals surface area contributed by atoms with E-state index < -0.39 is 0 Å². The average Bonchev–Trinajstić information content (AvgIpc) is 3.08. The maximum Gasteiger partial charge on any atom is 0.160 e. The summed E-state index contributed by atoms with van der Waals surface area (Å²) in [6.45, 7) is 5.79. The molecule has 3 aromatic heterocycles. The summed E-state index contributed by atoms with van der Waals surface area (Å²) in [5.74, 6) is 1.64. The van der Waals surface area contributed by atoms with Crippen LogP contribution >= 0.6 is 0 Å². The van der Waals surface area contributed by atoms with Crippen LogP contribution in [0.5, 0.6) is 0 Å². The molecule has 0 amide bonds. The van der Waals surface area contributed by atoms with E-state index in [4.69, 9.17) is 13.9 Å². The quantitative estimate of drug-likeness (QED) is 0.518. The second-order valence-corrected chi connectivity index (χ2v) is 5.70. The predicted molar refractivity (Wildman–Crippen MR) is 89.2 cm³/mol. The average molecular weight is 304 g/mol. The fourth-order valence-electron chi connectivity index (χ4n) is 2.95. The number of rotatable bonds is 2. The van der Waals surface area contributed by atoms with Crippen LogP contribution in [0.3, 0.4) is 0 Å². The van der Waals surface area contributed by atoms with Crippen molar-refractivity contribution < 1.29 is 8.94 Å². The van der Waals surface area contributed by atoms with E-state index in [1.54, 1.807) is 0 Å². The molecule has 0 saturated heterocycles. The highest BCUT2D eigenvalue weighted by molar-refractivity contribution is 5.93. The third-order valence-corrected chi connectivity index (χ3v) is 3.96. The van der Waals surface area contributed by atoms with Crippen molar-refractivity contribution in [2.75, 3.05) is 0 Å². The predicted octanol–water partition coefficient (Wildman–Crippen LogP) is 5.08. The van der Waals surface area contributed by atoms with Crippen molar-refractivity contribution in [1.29, 1.82) is 0 Å². The second kappa shape index (κ2) is 5.09. The van der Waals surface area contributed by atoms with Crippen LogP contribution in [0, 0.1) is 20.8 Å². The van der Waals surface area contributed by atoms with Gasteiger partial charge < -0.3 is 8.94 Å². The lowest BCUT2D eigenvalue weighted by molar-refractivity contribution is 0.393. The normalized spacial score (nSPS) is 11.3. The van der Waals surface area contributed by atoms with Gasteiger partial charge in [0.2, 0.25) is 0 Å². The number of hydrogen-bond acceptors (Lipinski definition) is 4. The van der Waals surface area contributed by atoms with E-state index in [1.165, 1.54) is 0 Å².